The summed E-state index contributed by atoms with van der Waals surface area (Å²) in [6.07, 6.45) is 1.17. The molecule has 3 heterocycles. The van der Waals surface area contributed by atoms with Gasteiger partial charge in [-0.05, 0) is 19.4 Å². The van der Waals surface area contributed by atoms with Crippen molar-refractivity contribution in [2.45, 2.75) is 31.8 Å². The number of carbonyl (C=O) groups is 1. The molecule has 2 aliphatic rings. The van der Waals surface area contributed by atoms with Crippen LogP contribution in [0.2, 0.25) is 0 Å². The number of fused-ring (bicyclic) bond motifs is 1. The Kier molecular flexibility index (Phi) is 3.35. The van der Waals surface area contributed by atoms with Gasteiger partial charge >= 0.3 is 6.16 Å². The van der Waals surface area contributed by atoms with Gasteiger partial charge in [-0.15, -0.1) is 0 Å². The Balaban J connectivity index is 1.55. The first-order valence-corrected chi connectivity index (χ1v) is 6.29. The Labute approximate surface area is 110 Å². The van der Waals surface area contributed by atoms with E-state index in [9.17, 15) is 4.79 Å². The summed E-state index contributed by atoms with van der Waals surface area (Å²) >= 11 is 0. The van der Waals surface area contributed by atoms with Gasteiger partial charge < -0.3 is 18.9 Å². The van der Waals surface area contributed by atoms with E-state index in [1.54, 1.807) is 24.4 Å². The van der Waals surface area contributed by atoms with Gasteiger partial charge in [0.1, 0.15) is 6.10 Å². The lowest BCUT2D eigenvalue weighted by molar-refractivity contribution is -0.112. The molecule has 1 aromatic rings. The summed E-state index contributed by atoms with van der Waals surface area (Å²) in [5, 5.41) is 0. The van der Waals surface area contributed by atoms with Crippen molar-refractivity contribution in [1.29, 1.82) is 0 Å². The standard InChI is InChI=1S/C13H15NO5/c1-8-6-9-10(7-16-12(9)17-8)18-13(15)19-11-4-2-3-5-14-11/h2-5,8-10,12H,6-7H2,1H3/t8-,9-,10-,12-/m0/s1. The molecule has 6 heteroatoms. The molecule has 0 radical (unpaired) electrons. The van der Waals surface area contributed by atoms with Crippen LogP contribution in [0.4, 0.5) is 4.79 Å². The fraction of sp³-hybridized carbons (Fsp3) is 0.538. The lowest BCUT2D eigenvalue weighted by Crippen LogP contribution is -2.28. The number of rotatable bonds is 2. The number of pyridine rings is 1. The highest BCUT2D eigenvalue weighted by atomic mass is 16.8. The second-order valence-corrected chi connectivity index (χ2v) is 4.72. The SMILES string of the molecule is C[C@H]1C[C@@H]2[C@@H](OC[C@@H]2OC(=O)Oc2ccccn2)O1. The summed E-state index contributed by atoms with van der Waals surface area (Å²) in [6, 6.07) is 5.07. The van der Waals surface area contributed by atoms with Crippen LogP contribution in [-0.2, 0) is 14.2 Å². The van der Waals surface area contributed by atoms with Crippen LogP contribution in [0.5, 0.6) is 5.88 Å². The molecule has 0 N–H and O–H groups in total. The van der Waals surface area contributed by atoms with Gasteiger partial charge in [0.25, 0.3) is 0 Å². The van der Waals surface area contributed by atoms with Gasteiger partial charge in [-0.25, -0.2) is 9.78 Å². The van der Waals surface area contributed by atoms with Crippen molar-refractivity contribution >= 4 is 6.16 Å². The molecule has 2 aliphatic heterocycles. The Morgan fingerprint density at radius 3 is 3.16 bits per heavy atom. The van der Waals surface area contributed by atoms with Crippen molar-refractivity contribution in [3.05, 3.63) is 24.4 Å². The van der Waals surface area contributed by atoms with Gasteiger partial charge in [-0.3, -0.25) is 0 Å². The van der Waals surface area contributed by atoms with Crippen LogP contribution in [0.3, 0.4) is 0 Å². The molecule has 2 fully saturated rings. The maximum Gasteiger partial charge on any atom is 0.515 e. The molecule has 19 heavy (non-hydrogen) atoms. The minimum atomic E-state index is -0.757. The Morgan fingerprint density at radius 2 is 2.37 bits per heavy atom. The average molecular weight is 265 g/mol. The largest absolute Gasteiger partial charge is 0.515 e. The molecular formula is C13H15NO5. The molecule has 0 amide bonds. The smallest absolute Gasteiger partial charge is 0.428 e. The van der Waals surface area contributed by atoms with E-state index < -0.39 is 6.16 Å². The Bertz CT molecular complexity index is 452. The minimum absolute atomic E-state index is 0.0892. The normalized spacial score (nSPS) is 32.9. The fourth-order valence-electron chi connectivity index (χ4n) is 2.44. The molecule has 0 aliphatic carbocycles. The van der Waals surface area contributed by atoms with E-state index in [1.165, 1.54) is 0 Å². The highest BCUT2D eigenvalue weighted by molar-refractivity contribution is 5.63. The zero-order valence-corrected chi connectivity index (χ0v) is 10.5. The van der Waals surface area contributed by atoms with E-state index in [2.05, 4.69) is 4.98 Å². The van der Waals surface area contributed by atoms with Gasteiger partial charge in [-0.2, -0.15) is 0 Å². The van der Waals surface area contributed by atoms with E-state index in [4.69, 9.17) is 18.9 Å². The predicted molar refractivity (Wildman–Crippen MR) is 63.5 cm³/mol. The van der Waals surface area contributed by atoms with E-state index in [-0.39, 0.29) is 30.3 Å². The summed E-state index contributed by atoms with van der Waals surface area (Å²) < 4.78 is 21.2. The molecule has 0 saturated carbocycles. The summed E-state index contributed by atoms with van der Waals surface area (Å²) in [6.45, 7) is 2.32. The maximum atomic E-state index is 11.7. The number of hydrogen-bond donors (Lipinski definition) is 0. The molecule has 0 bridgehead atoms. The average Bonchev–Trinajstić information content (AvgIpc) is 2.91. The van der Waals surface area contributed by atoms with Crippen molar-refractivity contribution in [2.75, 3.05) is 6.61 Å². The van der Waals surface area contributed by atoms with Gasteiger partial charge in [-0.1, -0.05) is 6.07 Å². The van der Waals surface area contributed by atoms with Crippen LogP contribution in [0.1, 0.15) is 13.3 Å². The van der Waals surface area contributed by atoms with Crippen molar-refractivity contribution in [3.8, 4) is 5.88 Å². The van der Waals surface area contributed by atoms with E-state index >= 15 is 0 Å². The molecule has 4 atom stereocenters. The zero-order valence-electron chi connectivity index (χ0n) is 10.5. The monoisotopic (exact) mass is 265 g/mol. The lowest BCUT2D eigenvalue weighted by atomic mass is 10.0. The van der Waals surface area contributed by atoms with Crippen LogP contribution in [0.25, 0.3) is 0 Å². The summed E-state index contributed by atoms with van der Waals surface area (Å²) in [7, 11) is 0. The third-order valence-corrected chi connectivity index (χ3v) is 3.30. The zero-order chi connectivity index (χ0) is 13.2. The molecule has 0 spiro atoms. The van der Waals surface area contributed by atoms with Crippen LogP contribution in [-0.4, -0.2) is 36.2 Å². The molecular weight excluding hydrogens is 250 g/mol. The van der Waals surface area contributed by atoms with Crippen molar-refractivity contribution in [2.24, 2.45) is 5.92 Å². The first-order valence-electron chi connectivity index (χ1n) is 6.29. The first-order chi connectivity index (χ1) is 9.22. The third kappa shape index (κ3) is 2.69. The number of carbonyl (C=O) groups excluding carboxylic acids is 1. The molecule has 1 aromatic heterocycles. The van der Waals surface area contributed by atoms with E-state index in [1.807, 2.05) is 6.92 Å². The quantitative estimate of drug-likeness (QED) is 0.759. The number of nitrogens with zero attached hydrogens (tertiary/aromatic N) is 1. The van der Waals surface area contributed by atoms with Gasteiger partial charge in [0.05, 0.1) is 18.6 Å². The van der Waals surface area contributed by atoms with Crippen molar-refractivity contribution in [3.63, 3.8) is 0 Å². The molecule has 102 valence electrons. The van der Waals surface area contributed by atoms with Crippen molar-refractivity contribution in [1.82, 2.24) is 4.98 Å². The van der Waals surface area contributed by atoms with Crippen LogP contribution in [0.15, 0.2) is 24.4 Å². The topological polar surface area (TPSA) is 66.9 Å². The second-order valence-electron chi connectivity index (χ2n) is 4.72. The lowest BCUT2D eigenvalue weighted by Gasteiger charge is -2.15. The number of aromatic nitrogens is 1. The first kappa shape index (κ1) is 12.4. The summed E-state index contributed by atoms with van der Waals surface area (Å²) in [5.41, 5.74) is 0. The van der Waals surface area contributed by atoms with Crippen LogP contribution < -0.4 is 4.74 Å². The molecule has 0 aromatic carbocycles. The predicted octanol–water partition coefficient (Wildman–Crippen LogP) is 1.75. The molecule has 0 unspecified atom stereocenters. The Hall–Kier alpha value is -1.66. The fourth-order valence-corrected chi connectivity index (χ4v) is 2.44. The van der Waals surface area contributed by atoms with Gasteiger partial charge in [0, 0.05) is 12.3 Å². The van der Waals surface area contributed by atoms with E-state index in [0.717, 1.165) is 6.42 Å². The molecule has 6 nitrogen and oxygen atoms in total. The van der Waals surface area contributed by atoms with Crippen LogP contribution in [0, 0.1) is 5.92 Å². The second kappa shape index (κ2) is 5.14. The summed E-state index contributed by atoms with van der Waals surface area (Å²) in [4.78, 5) is 15.6. The highest BCUT2D eigenvalue weighted by Crippen LogP contribution is 2.36. The third-order valence-electron chi connectivity index (χ3n) is 3.30. The molecule has 3 rings (SSSR count). The summed E-state index contributed by atoms with van der Waals surface area (Å²) in [5.74, 6) is 0.310. The van der Waals surface area contributed by atoms with E-state index in [0.29, 0.717) is 6.61 Å². The van der Waals surface area contributed by atoms with Crippen LogP contribution >= 0.6 is 0 Å². The number of ether oxygens (including phenoxy) is 4. The highest BCUT2D eigenvalue weighted by Gasteiger charge is 2.46. The van der Waals surface area contributed by atoms with Crippen molar-refractivity contribution < 1.29 is 23.7 Å². The van der Waals surface area contributed by atoms with Gasteiger partial charge in [0.2, 0.25) is 5.88 Å². The molecule has 2 saturated heterocycles. The van der Waals surface area contributed by atoms with Gasteiger partial charge in [0.15, 0.2) is 6.29 Å². The number of hydrogen-bond acceptors (Lipinski definition) is 6. The maximum absolute atomic E-state index is 11.7. The minimum Gasteiger partial charge on any atom is -0.428 e. The Morgan fingerprint density at radius 1 is 1.47 bits per heavy atom.